The summed E-state index contributed by atoms with van der Waals surface area (Å²) in [7, 11) is 0. The summed E-state index contributed by atoms with van der Waals surface area (Å²) in [6.45, 7) is 0. The third-order valence-electron chi connectivity index (χ3n) is 5.71. The third kappa shape index (κ3) is 5.00. The molecule has 5 rings (SSSR count). The van der Waals surface area contributed by atoms with Crippen LogP contribution < -0.4 is 10.6 Å². The first-order valence-electron chi connectivity index (χ1n) is 11.1. The van der Waals surface area contributed by atoms with E-state index in [2.05, 4.69) is 32.6 Å². The summed E-state index contributed by atoms with van der Waals surface area (Å²) >= 11 is 3.43. The molecule has 0 aliphatic rings. The number of anilines is 1. The lowest BCUT2D eigenvalue weighted by Gasteiger charge is -2.14. The Balaban J connectivity index is 1.64. The monoisotopic (exact) mass is 520 g/mol. The first-order chi connectivity index (χ1) is 17.1. The van der Waals surface area contributed by atoms with E-state index >= 15 is 0 Å². The lowest BCUT2D eigenvalue weighted by atomic mass is 9.96. The molecule has 0 atom stereocenters. The van der Waals surface area contributed by atoms with Crippen molar-refractivity contribution < 1.29 is 9.59 Å². The van der Waals surface area contributed by atoms with E-state index in [1.54, 1.807) is 36.4 Å². The molecule has 0 bridgehead atoms. The Kier molecular flexibility index (Phi) is 6.42. The van der Waals surface area contributed by atoms with Crippen LogP contribution in [0.2, 0.25) is 0 Å². The highest BCUT2D eigenvalue weighted by Gasteiger charge is 2.17. The van der Waals surface area contributed by atoms with Gasteiger partial charge >= 0.3 is 0 Å². The van der Waals surface area contributed by atoms with Gasteiger partial charge in [-0.3, -0.25) is 9.59 Å². The minimum absolute atomic E-state index is 0.153. The van der Waals surface area contributed by atoms with E-state index in [0.29, 0.717) is 11.3 Å². The van der Waals surface area contributed by atoms with Crippen LogP contribution in [-0.2, 0) is 4.79 Å². The maximum atomic E-state index is 13.5. The number of carbonyl (C=O) groups excluding carboxylic acids is 2. The minimum Gasteiger partial charge on any atom is -0.321 e. The molecule has 35 heavy (non-hydrogen) atoms. The Morgan fingerprint density at radius 2 is 1.31 bits per heavy atom. The number of nitrogens with one attached hydrogen (secondary N) is 2. The SMILES string of the molecule is O=C(Nc1cccc(Br)c1)/C(=C/c1c2ccccc2cc2ccccc12)NC(=O)c1ccccc1. The van der Waals surface area contributed by atoms with Gasteiger partial charge in [-0.15, -0.1) is 0 Å². The number of rotatable bonds is 5. The van der Waals surface area contributed by atoms with Gasteiger partial charge in [-0.1, -0.05) is 88.7 Å². The van der Waals surface area contributed by atoms with E-state index in [4.69, 9.17) is 0 Å². The number of benzene rings is 5. The number of halogens is 1. The van der Waals surface area contributed by atoms with E-state index in [0.717, 1.165) is 31.6 Å². The Morgan fingerprint density at radius 1 is 0.686 bits per heavy atom. The van der Waals surface area contributed by atoms with Crippen LogP contribution in [-0.4, -0.2) is 11.8 Å². The molecular formula is C30H21BrN2O2. The Hall–Kier alpha value is -4.22. The van der Waals surface area contributed by atoms with Crippen LogP contribution in [0.4, 0.5) is 5.69 Å². The van der Waals surface area contributed by atoms with Crippen molar-refractivity contribution in [1.82, 2.24) is 5.32 Å². The zero-order valence-electron chi connectivity index (χ0n) is 18.7. The summed E-state index contributed by atoms with van der Waals surface area (Å²) in [5.41, 5.74) is 2.11. The van der Waals surface area contributed by atoms with E-state index < -0.39 is 5.91 Å². The molecule has 0 saturated heterocycles. The van der Waals surface area contributed by atoms with Crippen LogP contribution in [0.5, 0.6) is 0 Å². The quantitative estimate of drug-likeness (QED) is 0.190. The fourth-order valence-electron chi connectivity index (χ4n) is 4.06. The zero-order chi connectivity index (χ0) is 24.2. The standard InChI is InChI=1S/C30H21BrN2O2/c31-23-13-8-14-24(18-23)32-30(35)28(33-29(34)20-9-2-1-3-10-20)19-27-25-15-6-4-11-21(25)17-22-12-5-7-16-26(22)27/h1-19H,(H,32,35)(H,33,34)/b28-19-. The predicted molar refractivity (Wildman–Crippen MR) is 146 cm³/mol. The van der Waals surface area contributed by atoms with Crippen molar-refractivity contribution in [1.29, 1.82) is 0 Å². The fraction of sp³-hybridized carbons (Fsp3) is 0. The van der Waals surface area contributed by atoms with Crippen LogP contribution in [0.15, 0.2) is 119 Å². The molecule has 0 fully saturated rings. The van der Waals surface area contributed by atoms with Crippen molar-refractivity contribution in [2.24, 2.45) is 0 Å². The van der Waals surface area contributed by atoms with Gasteiger partial charge in [0.1, 0.15) is 5.70 Å². The lowest BCUT2D eigenvalue weighted by molar-refractivity contribution is -0.113. The largest absolute Gasteiger partial charge is 0.321 e. The van der Waals surface area contributed by atoms with E-state index in [9.17, 15) is 9.59 Å². The molecule has 4 nitrogen and oxygen atoms in total. The van der Waals surface area contributed by atoms with Gasteiger partial charge in [-0.05, 0) is 69.6 Å². The zero-order valence-corrected chi connectivity index (χ0v) is 20.3. The van der Waals surface area contributed by atoms with Gasteiger partial charge in [-0.25, -0.2) is 0 Å². The van der Waals surface area contributed by atoms with Gasteiger partial charge in [0.05, 0.1) is 0 Å². The first-order valence-corrected chi connectivity index (χ1v) is 11.9. The van der Waals surface area contributed by atoms with Gasteiger partial charge in [0.15, 0.2) is 0 Å². The second-order valence-corrected chi connectivity index (χ2v) is 8.99. The smallest absolute Gasteiger partial charge is 0.272 e. The summed E-state index contributed by atoms with van der Waals surface area (Å²) in [6, 6.07) is 34.4. The molecular weight excluding hydrogens is 500 g/mol. The van der Waals surface area contributed by atoms with Crippen molar-refractivity contribution in [2.45, 2.75) is 0 Å². The first kappa shape index (κ1) is 22.6. The molecule has 5 aromatic rings. The Labute approximate surface area is 211 Å². The average molecular weight is 521 g/mol. The van der Waals surface area contributed by atoms with Crippen molar-refractivity contribution in [3.05, 3.63) is 130 Å². The molecule has 170 valence electrons. The van der Waals surface area contributed by atoms with E-state index in [1.165, 1.54) is 0 Å². The topological polar surface area (TPSA) is 58.2 Å². The molecule has 0 unspecified atom stereocenters. The summed E-state index contributed by atoms with van der Waals surface area (Å²) in [6.07, 6.45) is 1.76. The Bertz CT molecular complexity index is 1540. The molecule has 0 spiro atoms. The van der Waals surface area contributed by atoms with Crippen LogP contribution in [0.1, 0.15) is 15.9 Å². The van der Waals surface area contributed by atoms with Gasteiger partial charge < -0.3 is 10.6 Å². The van der Waals surface area contributed by atoms with Gasteiger partial charge in [0, 0.05) is 15.7 Å². The van der Waals surface area contributed by atoms with Crippen LogP contribution >= 0.6 is 15.9 Å². The molecule has 0 aliphatic carbocycles. The van der Waals surface area contributed by atoms with Crippen molar-refractivity contribution in [2.75, 3.05) is 5.32 Å². The normalized spacial score (nSPS) is 11.4. The van der Waals surface area contributed by atoms with Crippen molar-refractivity contribution >= 4 is 61.1 Å². The fourth-order valence-corrected chi connectivity index (χ4v) is 4.46. The number of amides is 2. The molecule has 0 saturated carbocycles. The number of fused-ring (bicyclic) bond motifs is 2. The number of carbonyl (C=O) groups is 2. The highest BCUT2D eigenvalue weighted by molar-refractivity contribution is 9.10. The summed E-state index contributed by atoms with van der Waals surface area (Å²) in [5, 5.41) is 9.84. The van der Waals surface area contributed by atoms with E-state index in [1.807, 2.05) is 72.8 Å². The summed E-state index contributed by atoms with van der Waals surface area (Å²) < 4.78 is 0.842. The van der Waals surface area contributed by atoms with Gasteiger partial charge in [0.25, 0.3) is 11.8 Å². The maximum Gasteiger partial charge on any atom is 0.272 e. The van der Waals surface area contributed by atoms with Crippen LogP contribution in [0.3, 0.4) is 0 Å². The maximum absolute atomic E-state index is 13.5. The Morgan fingerprint density at radius 3 is 1.97 bits per heavy atom. The second kappa shape index (κ2) is 9.95. The average Bonchev–Trinajstić information content (AvgIpc) is 2.88. The number of hydrogen-bond donors (Lipinski definition) is 2. The number of hydrogen-bond acceptors (Lipinski definition) is 2. The third-order valence-corrected chi connectivity index (χ3v) is 6.21. The lowest BCUT2D eigenvalue weighted by Crippen LogP contribution is -2.30. The van der Waals surface area contributed by atoms with Gasteiger partial charge in [0.2, 0.25) is 0 Å². The molecule has 2 amide bonds. The van der Waals surface area contributed by atoms with Crippen molar-refractivity contribution in [3.8, 4) is 0 Å². The van der Waals surface area contributed by atoms with E-state index in [-0.39, 0.29) is 11.6 Å². The van der Waals surface area contributed by atoms with Crippen LogP contribution in [0, 0.1) is 0 Å². The van der Waals surface area contributed by atoms with Crippen molar-refractivity contribution in [3.63, 3.8) is 0 Å². The molecule has 0 aliphatic heterocycles. The predicted octanol–water partition coefficient (Wildman–Crippen LogP) is 7.17. The molecule has 0 heterocycles. The molecule has 0 aromatic heterocycles. The highest BCUT2D eigenvalue weighted by Crippen LogP contribution is 2.30. The molecule has 2 N–H and O–H groups in total. The molecule has 5 heteroatoms. The van der Waals surface area contributed by atoms with Crippen LogP contribution in [0.25, 0.3) is 27.6 Å². The summed E-state index contributed by atoms with van der Waals surface area (Å²) in [4.78, 5) is 26.5. The minimum atomic E-state index is -0.413. The molecule has 5 aromatic carbocycles. The summed E-state index contributed by atoms with van der Waals surface area (Å²) in [5.74, 6) is -0.768. The highest BCUT2D eigenvalue weighted by atomic mass is 79.9. The van der Waals surface area contributed by atoms with Gasteiger partial charge in [-0.2, -0.15) is 0 Å². The second-order valence-electron chi connectivity index (χ2n) is 8.08. The molecule has 0 radical (unpaired) electrons.